The van der Waals surface area contributed by atoms with Crippen molar-refractivity contribution in [3.63, 3.8) is 0 Å². The van der Waals surface area contributed by atoms with E-state index >= 15 is 0 Å². The lowest BCUT2D eigenvalue weighted by molar-refractivity contribution is 0.571. The van der Waals surface area contributed by atoms with Crippen LogP contribution in [0.1, 0.15) is 77.0 Å². The smallest absolute Gasteiger partial charge is 0.0351 e. The highest BCUT2D eigenvalue weighted by atomic mass is 14.0. The Morgan fingerprint density at radius 1 is 0.588 bits per heavy atom. The summed E-state index contributed by atoms with van der Waals surface area (Å²) in [5, 5.41) is 0. The van der Waals surface area contributed by atoms with Crippen LogP contribution < -0.4 is 0 Å². The second-order valence-corrected chi connectivity index (χ2v) is 4.81. The number of rotatable bonds is 13. The SMILES string of the molecule is [CH2]CC/C=C/CCCCCCCCCCC=C. The first-order valence-electron chi connectivity index (χ1n) is 7.47. The molecule has 0 aliphatic rings. The molecule has 0 N–H and O–H groups in total. The Hall–Kier alpha value is -0.520. The normalized spacial score (nSPS) is 11.1. The van der Waals surface area contributed by atoms with Crippen molar-refractivity contribution in [2.24, 2.45) is 0 Å². The van der Waals surface area contributed by atoms with Gasteiger partial charge in [-0.2, -0.15) is 0 Å². The molecule has 0 aromatic carbocycles. The predicted octanol–water partition coefficient (Wildman–Crippen LogP) is 6.24. The molecule has 0 heterocycles. The molecule has 0 amide bonds. The summed E-state index contributed by atoms with van der Waals surface area (Å²) in [7, 11) is 0. The quantitative estimate of drug-likeness (QED) is 0.262. The lowest BCUT2D eigenvalue weighted by atomic mass is 10.1. The van der Waals surface area contributed by atoms with Gasteiger partial charge in [-0.3, -0.25) is 0 Å². The Morgan fingerprint density at radius 2 is 1.06 bits per heavy atom. The van der Waals surface area contributed by atoms with Crippen molar-refractivity contribution in [3.8, 4) is 0 Å². The summed E-state index contributed by atoms with van der Waals surface area (Å²) in [6.07, 6.45) is 22.4. The number of hydrogen-bond donors (Lipinski definition) is 0. The summed E-state index contributed by atoms with van der Waals surface area (Å²) in [6.45, 7) is 7.57. The van der Waals surface area contributed by atoms with E-state index in [1.54, 1.807) is 0 Å². The van der Waals surface area contributed by atoms with Gasteiger partial charge >= 0.3 is 0 Å². The van der Waals surface area contributed by atoms with Crippen molar-refractivity contribution >= 4 is 0 Å². The topological polar surface area (TPSA) is 0 Å². The van der Waals surface area contributed by atoms with E-state index < -0.39 is 0 Å². The van der Waals surface area contributed by atoms with Gasteiger partial charge in [-0.1, -0.05) is 63.7 Å². The van der Waals surface area contributed by atoms with Crippen molar-refractivity contribution in [1.82, 2.24) is 0 Å². The molecule has 0 aliphatic heterocycles. The maximum absolute atomic E-state index is 3.82. The van der Waals surface area contributed by atoms with Gasteiger partial charge in [0.15, 0.2) is 0 Å². The van der Waals surface area contributed by atoms with Gasteiger partial charge in [0.25, 0.3) is 0 Å². The summed E-state index contributed by atoms with van der Waals surface area (Å²) in [6, 6.07) is 0. The van der Waals surface area contributed by atoms with Gasteiger partial charge in [0.05, 0.1) is 0 Å². The molecule has 0 unspecified atom stereocenters. The summed E-state index contributed by atoms with van der Waals surface area (Å²) >= 11 is 0. The number of hydrogen-bond acceptors (Lipinski definition) is 0. The zero-order valence-electron chi connectivity index (χ0n) is 11.6. The molecule has 0 aromatic heterocycles. The van der Waals surface area contributed by atoms with E-state index in [4.69, 9.17) is 0 Å². The Kier molecular flexibility index (Phi) is 15.0. The maximum atomic E-state index is 3.82. The van der Waals surface area contributed by atoms with Gasteiger partial charge in [0.2, 0.25) is 0 Å². The molecule has 99 valence electrons. The van der Waals surface area contributed by atoms with E-state index in [-0.39, 0.29) is 0 Å². The predicted molar refractivity (Wildman–Crippen MR) is 80.1 cm³/mol. The fourth-order valence-electron chi connectivity index (χ4n) is 1.97. The third kappa shape index (κ3) is 15.5. The Bertz CT molecular complexity index is 167. The van der Waals surface area contributed by atoms with Crippen LogP contribution in [-0.2, 0) is 0 Å². The van der Waals surface area contributed by atoms with Crippen molar-refractivity contribution in [3.05, 3.63) is 31.7 Å². The summed E-state index contributed by atoms with van der Waals surface area (Å²) in [5.74, 6) is 0. The number of allylic oxidation sites excluding steroid dienone is 3. The van der Waals surface area contributed by atoms with Gasteiger partial charge < -0.3 is 0 Å². The molecule has 0 saturated heterocycles. The number of unbranched alkanes of at least 4 members (excludes halogenated alkanes) is 10. The lowest BCUT2D eigenvalue weighted by Gasteiger charge is -2.00. The fourth-order valence-corrected chi connectivity index (χ4v) is 1.97. The van der Waals surface area contributed by atoms with Crippen LogP contribution >= 0.6 is 0 Å². The molecule has 0 saturated carbocycles. The first-order valence-corrected chi connectivity index (χ1v) is 7.47. The van der Waals surface area contributed by atoms with Crippen LogP contribution in [0.15, 0.2) is 24.8 Å². The van der Waals surface area contributed by atoms with Crippen molar-refractivity contribution in [2.45, 2.75) is 77.0 Å². The fraction of sp³-hybridized carbons (Fsp3) is 0.706. The average molecular weight is 235 g/mol. The van der Waals surface area contributed by atoms with E-state index in [0.717, 1.165) is 12.8 Å². The maximum Gasteiger partial charge on any atom is -0.0351 e. The van der Waals surface area contributed by atoms with Gasteiger partial charge in [-0.25, -0.2) is 0 Å². The van der Waals surface area contributed by atoms with Crippen LogP contribution in [-0.4, -0.2) is 0 Å². The van der Waals surface area contributed by atoms with Crippen LogP contribution in [0.2, 0.25) is 0 Å². The van der Waals surface area contributed by atoms with E-state index in [1.165, 1.54) is 64.2 Å². The minimum Gasteiger partial charge on any atom is -0.103 e. The molecular formula is C17H31. The molecule has 0 aliphatic carbocycles. The molecule has 0 spiro atoms. The molecule has 0 heteroatoms. The molecule has 0 aromatic rings. The standard InChI is InChI=1S/C17H31/c1-3-5-7-9-11-13-15-17-16-14-12-10-8-6-4-2/h3,8,10H,1-2,4-7,9,11-17H2/b10-8+. The van der Waals surface area contributed by atoms with E-state index in [0.29, 0.717) is 0 Å². The van der Waals surface area contributed by atoms with Crippen LogP contribution in [0.3, 0.4) is 0 Å². The molecule has 0 rings (SSSR count). The van der Waals surface area contributed by atoms with Crippen LogP contribution in [0, 0.1) is 6.92 Å². The highest BCUT2D eigenvalue weighted by molar-refractivity contribution is 4.81. The van der Waals surface area contributed by atoms with Gasteiger partial charge in [0.1, 0.15) is 0 Å². The van der Waals surface area contributed by atoms with Crippen molar-refractivity contribution < 1.29 is 0 Å². The largest absolute Gasteiger partial charge is 0.103 e. The van der Waals surface area contributed by atoms with Crippen LogP contribution in [0.4, 0.5) is 0 Å². The molecular weight excluding hydrogens is 204 g/mol. The molecule has 0 bridgehead atoms. The second-order valence-electron chi connectivity index (χ2n) is 4.81. The summed E-state index contributed by atoms with van der Waals surface area (Å²) in [5.41, 5.74) is 0. The zero-order valence-corrected chi connectivity index (χ0v) is 11.6. The van der Waals surface area contributed by atoms with Gasteiger partial charge in [0, 0.05) is 0 Å². The third-order valence-electron chi connectivity index (χ3n) is 3.07. The van der Waals surface area contributed by atoms with Gasteiger partial charge in [-0.05, 0) is 38.5 Å². The van der Waals surface area contributed by atoms with E-state index in [1.807, 2.05) is 6.08 Å². The first kappa shape index (κ1) is 16.5. The molecule has 0 atom stereocenters. The molecule has 1 radical (unpaired) electrons. The van der Waals surface area contributed by atoms with Gasteiger partial charge in [-0.15, -0.1) is 6.58 Å². The molecule has 0 fully saturated rings. The van der Waals surface area contributed by atoms with Crippen molar-refractivity contribution in [1.29, 1.82) is 0 Å². The highest BCUT2D eigenvalue weighted by Gasteiger charge is 1.91. The average Bonchev–Trinajstić information content (AvgIpc) is 2.35. The third-order valence-corrected chi connectivity index (χ3v) is 3.07. The monoisotopic (exact) mass is 235 g/mol. The summed E-state index contributed by atoms with van der Waals surface area (Å²) in [4.78, 5) is 0. The molecule has 17 heavy (non-hydrogen) atoms. The van der Waals surface area contributed by atoms with Crippen LogP contribution in [0.5, 0.6) is 0 Å². The second kappa shape index (κ2) is 15.5. The Balaban J connectivity index is 2.96. The van der Waals surface area contributed by atoms with E-state index in [9.17, 15) is 0 Å². The Morgan fingerprint density at radius 3 is 1.59 bits per heavy atom. The summed E-state index contributed by atoms with van der Waals surface area (Å²) < 4.78 is 0. The zero-order chi connectivity index (χ0) is 12.6. The molecule has 0 nitrogen and oxygen atoms in total. The first-order chi connectivity index (χ1) is 8.41. The van der Waals surface area contributed by atoms with Crippen molar-refractivity contribution in [2.75, 3.05) is 0 Å². The lowest BCUT2D eigenvalue weighted by Crippen LogP contribution is -1.80. The highest BCUT2D eigenvalue weighted by Crippen LogP contribution is 2.10. The minimum absolute atomic E-state index is 1.03. The Labute approximate surface area is 109 Å². The minimum atomic E-state index is 1.03. The van der Waals surface area contributed by atoms with Crippen LogP contribution in [0.25, 0.3) is 0 Å². The van der Waals surface area contributed by atoms with E-state index in [2.05, 4.69) is 25.7 Å².